The lowest BCUT2D eigenvalue weighted by Crippen LogP contribution is -2.29. The third kappa shape index (κ3) is 5.02. The predicted octanol–water partition coefficient (Wildman–Crippen LogP) is 1.52. The van der Waals surface area contributed by atoms with E-state index < -0.39 is 0 Å². The molecule has 0 spiro atoms. The van der Waals surface area contributed by atoms with E-state index in [1.807, 2.05) is 32.0 Å². The fourth-order valence-electron chi connectivity index (χ4n) is 2.26. The van der Waals surface area contributed by atoms with Crippen LogP contribution in [0.1, 0.15) is 30.9 Å². The van der Waals surface area contributed by atoms with Crippen molar-refractivity contribution in [3.05, 3.63) is 29.3 Å². The molecule has 116 valence electrons. The Morgan fingerprint density at radius 3 is 3.05 bits per heavy atom. The van der Waals surface area contributed by atoms with Crippen molar-refractivity contribution in [3.63, 3.8) is 0 Å². The molecule has 5 heteroatoms. The Morgan fingerprint density at radius 2 is 2.38 bits per heavy atom. The second-order valence-corrected chi connectivity index (χ2v) is 5.67. The number of nitrogens with one attached hydrogen (secondary N) is 1. The zero-order valence-electron chi connectivity index (χ0n) is 12.7. The van der Waals surface area contributed by atoms with Gasteiger partial charge in [-0.3, -0.25) is 4.79 Å². The number of benzene rings is 1. The minimum absolute atomic E-state index is 0.0410. The average Bonchev–Trinajstić information content (AvgIpc) is 2.90. The molecule has 5 nitrogen and oxygen atoms in total. The van der Waals surface area contributed by atoms with Crippen molar-refractivity contribution in [2.75, 3.05) is 13.2 Å². The first kappa shape index (κ1) is 15.8. The van der Waals surface area contributed by atoms with Gasteiger partial charge >= 0.3 is 0 Å². The number of carbonyl (C=O) groups is 1. The van der Waals surface area contributed by atoms with Gasteiger partial charge in [0, 0.05) is 31.0 Å². The van der Waals surface area contributed by atoms with E-state index in [4.69, 9.17) is 15.2 Å². The highest BCUT2D eigenvalue weighted by molar-refractivity contribution is 5.76. The number of nitrogens with two attached hydrogens (primary N) is 1. The number of hydrogen-bond donors (Lipinski definition) is 2. The highest BCUT2D eigenvalue weighted by Crippen LogP contribution is 2.23. The van der Waals surface area contributed by atoms with Crippen molar-refractivity contribution < 1.29 is 14.3 Å². The molecule has 1 fully saturated rings. The summed E-state index contributed by atoms with van der Waals surface area (Å²) >= 11 is 0. The number of rotatable bonds is 6. The average molecular weight is 292 g/mol. The second kappa shape index (κ2) is 7.43. The van der Waals surface area contributed by atoms with E-state index in [9.17, 15) is 4.79 Å². The summed E-state index contributed by atoms with van der Waals surface area (Å²) in [4.78, 5) is 11.7. The molecule has 0 aromatic heterocycles. The van der Waals surface area contributed by atoms with Gasteiger partial charge in [-0.25, -0.2) is 0 Å². The van der Waals surface area contributed by atoms with Crippen molar-refractivity contribution in [1.82, 2.24) is 5.32 Å². The number of hydrogen-bond acceptors (Lipinski definition) is 4. The van der Waals surface area contributed by atoms with E-state index in [-0.39, 0.29) is 18.1 Å². The molecule has 1 aliphatic rings. The van der Waals surface area contributed by atoms with E-state index in [1.54, 1.807) is 0 Å². The molecular formula is C16H24N2O3. The first-order chi connectivity index (χ1) is 10.0. The lowest BCUT2D eigenvalue weighted by atomic mass is 10.1. The maximum atomic E-state index is 11.7. The third-order valence-electron chi connectivity index (χ3n) is 3.39. The van der Waals surface area contributed by atoms with Crippen molar-refractivity contribution >= 4 is 5.91 Å². The molecule has 21 heavy (non-hydrogen) atoms. The summed E-state index contributed by atoms with van der Waals surface area (Å²) in [6, 6.07) is 5.89. The second-order valence-electron chi connectivity index (χ2n) is 5.67. The van der Waals surface area contributed by atoms with Crippen LogP contribution in [0.4, 0.5) is 0 Å². The van der Waals surface area contributed by atoms with Gasteiger partial charge in [0.05, 0.1) is 13.2 Å². The highest BCUT2D eigenvalue weighted by Gasteiger charge is 2.19. The molecule has 1 aromatic carbocycles. The first-order valence-corrected chi connectivity index (χ1v) is 7.41. The Balaban J connectivity index is 1.98. The van der Waals surface area contributed by atoms with Crippen LogP contribution in [0, 0.1) is 6.92 Å². The Bertz CT molecular complexity index is 482. The van der Waals surface area contributed by atoms with Gasteiger partial charge in [-0.05, 0) is 25.5 Å². The lowest BCUT2D eigenvalue weighted by Gasteiger charge is -2.17. The van der Waals surface area contributed by atoms with E-state index >= 15 is 0 Å². The molecule has 1 amide bonds. The quantitative estimate of drug-likeness (QED) is 0.833. The summed E-state index contributed by atoms with van der Waals surface area (Å²) in [5.74, 6) is 0.785. The van der Waals surface area contributed by atoms with Gasteiger partial charge in [0.2, 0.25) is 5.91 Å². The van der Waals surface area contributed by atoms with Crippen molar-refractivity contribution in [3.8, 4) is 5.75 Å². The SMILES string of the molecule is Cc1ccc(CNC(=O)CC(C)N)c(OC2CCOC2)c1. The molecule has 1 saturated heterocycles. The van der Waals surface area contributed by atoms with Gasteiger partial charge in [0.15, 0.2) is 0 Å². The standard InChI is InChI=1S/C16H24N2O3/c1-11-3-4-13(9-18-16(19)8-12(2)17)15(7-11)21-14-5-6-20-10-14/h3-4,7,12,14H,5-6,8-10,17H2,1-2H3,(H,18,19). The Kier molecular flexibility index (Phi) is 5.59. The van der Waals surface area contributed by atoms with Crippen molar-refractivity contribution in [2.24, 2.45) is 5.73 Å². The number of carbonyl (C=O) groups excluding carboxylic acids is 1. The molecule has 1 aliphatic heterocycles. The zero-order valence-corrected chi connectivity index (χ0v) is 12.7. The molecule has 0 aliphatic carbocycles. The molecule has 2 unspecified atom stereocenters. The maximum Gasteiger partial charge on any atom is 0.221 e. The van der Waals surface area contributed by atoms with Crippen LogP contribution in [-0.2, 0) is 16.1 Å². The smallest absolute Gasteiger partial charge is 0.221 e. The summed E-state index contributed by atoms with van der Waals surface area (Å²) in [6.07, 6.45) is 1.34. The lowest BCUT2D eigenvalue weighted by molar-refractivity contribution is -0.121. The zero-order chi connectivity index (χ0) is 15.2. The van der Waals surface area contributed by atoms with Gasteiger partial charge in [-0.15, -0.1) is 0 Å². The molecule has 2 rings (SSSR count). The maximum absolute atomic E-state index is 11.7. The summed E-state index contributed by atoms with van der Waals surface area (Å²) in [5.41, 5.74) is 7.73. The van der Waals surface area contributed by atoms with Crippen LogP contribution in [-0.4, -0.2) is 31.3 Å². The summed E-state index contributed by atoms with van der Waals surface area (Å²) < 4.78 is 11.3. The van der Waals surface area contributed by atoms with E-state index in [0.717, 1.165) is 29.9 Å². The highest BCUT2D eigenvalue weighted by atomic mass is 16.5. The molecule has 0 radical (unpaired) electrons. The van der Waals surface area contributed by atoms with Crippen LogP contribution in [0.3, 0.4) is 0 Å². The minimum atomic E-state index is -0.130. The fraction of sp³-hybridized carbons (Fsp3) is 0.562. The van der Waals surface area contributed by atoms with Gasteiger partial charge in [-0.2, -0.15) is 0 Å². The van der Waals surface area contributed by atoms with E-state index in [0.29, 0.717) is 19.6 Å². The topological polar surface area (TPSA) is 73.6 Å². The molecule has 1 aromatic rings. The molecule has 0 saturated carbocycles. The summed E-state index contributed by atoms with van der Waals surface area (Å²) in [7, 11) is 0. The van der Waals surface area contributed by atoms with Gasteiger partial charge in [0.1, 0.15) is 11.9 Å². The third-order valence-corrected chi connectivity index (χ3v) is 3.39. The van der Waals surface area contributed by atoms with Gasteiger partial charge in [0.25, 0.3) is 0 Å². The fourth-order valence-corrected chi connectivity index (χ4v) is 2.26. The molecular weight excluding hydrogens is 268 g/mol. The number of amides is 1. The Morgan fingerprint density at radius 1 is 1.57 bits per heavy atom. The predicted molar refractivity (Wildman–Crippen MR) is 81.1 cm³/mol. The normalized spacial score (nSPS) is 19.3. The van der Waals surface area contributed by atoms with Crippen LogP contribution >= 0.6 is 0 Å². The number of ether oxygens (including phenoxy) is 2. The largest absolute Gasteiger partial charge is 0.488 e. The Hall–Kier alpha value is -1.59. The molecule has 1 heterocycles. The van der Waals surface area contributed by atoms with E-state index in [2.05, 4.69) is 5.32 Å². The number of aryl methyl sites for hydroxylation is 1. The first-order valence-electron chi connectivity index (χ1n) is 7.41. The van der Waals surface area contributed by atoms with E-state index in [1.165, 1.54) is 0 Å². The summed E-state index contributed by atoms with van der Waals surface area (Å²) in [5, 5.41) is 2.88. The minimum Gasteiger partial charge on any atom is -0.488 e. The van der Waals surface area contributed by atoms with Gasteiger partial charge in [-0.1, -0.05) is 12.1 Å². The van der Waals surface area contributed by atoms with Crippen LogP contribution < -0.4 is 15.8 Å². The Labute approximate surface area is 125 Å². The monoisotopic (exact) mass is 292 g/mol. The van der Waals surface area contributed by atoms with Crippen molar-refractivity contribution in [2.45, 2.75) is 45.4 Å². The van der Waals surface area contributed by atoms with Crippen LogP contribution in [0.5, 0.6) is 5.75 Å². The van der Waals surface area contributed by atoms with Crippen molar-refractivity contribution in [1.29, 1.82) is 0 Å². The van der Waals surface area contributed by atoms with Crippen LogP contribution in [0.15, 0.2) is 18.2 Å². The van der Waals surface area contributed by atoms with Crippen LogP contribution in [0.2, 0.25) is 0 Å². The van der Waals surface area contributed by atoms with Gasteiger partial charge < -0.3 is 20.5 Å². The molecule has 3 N–H and O–H groups in total. The molecule has 2 atom stereocenters. The molecule has 0 bridgehead atoms. The van der Waals surface area contributed by atoms with Crippen LogP contribution in [0.25, 0.3) is 0 Å². The summed E-state index contributed by atoms with van der Waals surface area (Å²) in [6.45, 7) is 5.67.